The van der Waals surface area contributed by atoms with Crippen molar-refractivity contribution in [2.45, 2.75) is 117 Å². The molecule has 53 heavy (non-hydrogen) atoms. The van der Waals surface area contributed by atoms with Crippen molar-refractivity contribution >= 4 is 23.8 Å². The van der Waals surface area contributed by atoms with Crippen LogP contribution in [0.4, 0.5) is 0 Å². The average Bonchev–Trinajstić information content (AvgIpc) is 3.89. The highest BCUT2D eigenvalue weighted by Gasteiger charge is 2.57. The van der Waals surface area contributed by atoms with E-state index in [1.54, 1.807) is 14.0 Å². The summed E-state index contributed by atoms with van der Waals surface area (Å²) < 4.78 is 35.7. The molecule has 12 nitrogen and oxygen atoms in total. The topological polar surface area (TPSA) is 155 Å². The third-order valence-electron chi connectivity index (χ3n) is 10.6. The standard InChI is InChI=1S/C41H58N2O10/c1-23(2)16-27-18-35(45)52-37-36(53-40(47)41(37,7)22-44)26(6)11-12-28-13-14-31(42-28)38-43-32(34(51-38)21-50-39(27)46)19-29-30(25(5)10-9-15-48-8)20-49-33(29)17-24(3)4/h11,13-14,19,23-24,27,32-34,36-37,42,44H,9-10,12,15-18,20-22H2,1-8H3/b26-11+,29-19-,30-25+/t27-,32-,33-,34-,36+,37-,41+/m0/s1. The van der Waals surface area contributed by atoms with Gasteiger partial charge in [-0.2, -0.15) is 0 Å². The quantitative estimate of drug-likeness (QED) is 0.135. The molecule has 12 heteroatoms. The van der Waals surface area contributed by atoms with E-state index in [4.69, 9.17) is 33.4 Å². The molecular weight excluding hydrogens is 680 g/mol. The van der Waals surface area contributed by atoms with Gasteiger partial charge in [0, 0.05) is 25.8 Å². The molecule has 0 amide bonds. The fraction of sp³-hybridized carbons (Fsp3) is 0.659. The van der Waals surface area contributed by atoms with Crippen LogP contribution < -0.4 is 0 Å². The summed E-state index contributed by atoms with van der Waals surface area (Å²) in [5, 5.41) is 10.3. The lowest BCUT2D eigenvalue weighted by atomic mass is 9.83. The summed E-state index contributed by atoms with van der Waals surface area (Å²) in [7, 11) is 1.71. The highest BCUT2D eigenvalue weighted by Crippen LogP contribution is 2.40. The van der Waals surface area contributed by atoms with Crippen LogP contribution in [-0.4, -0.2) is 97.9 Å². The highest BCUT2D eigenvalue weighted by molar-refractivity contribution is 5.94. The lowest BCUT2D eigenvalue weighted by molar-refractivity contribution is -0.164. The number of carbonyl (C=O) groups is 3. The number of methoxy groups -OCH3 is 1. The van der Waals surface area contributed by atoms with Crippen molar-refractivity contribution in [3.05, 3.63) is 58.0 Å². The molecule has 2 fully saturated rings. The van der Waals surface area contributed by atoms with Gasteiger partial charge in [-0.3, -0.25) is 14.4 Å². The van der Waals surface area contributed by atoms with E-state index in [9.17, 15) is 19.5 Å². The van der Waals surface area contributed by atoms with Crippen molar-refractivity contribution in [2.24, 2.45) is 28.2 Å². The largest absolute Gasteiger partial charge is 0.467 e. The molecule has 5 heterocycles. The normalized spacial score (nSPS) is 32.4. The number of rotatable bonds is 10. The minimum absolute atomic E-state index is 0.0741. The van der Waals surface area contributed by atoms with Gasteiger partial charge in [-0.05, 0) is 93.2 Å². The molecule has 5 rings (SSSR count). The lowest BCUT2D eigenvalue weighted by Gasteiger charge is -2.28. The zero-order valence-electron chi connectivity index (χ0n) is 32.6. The first kappa shape index (κ1) is 40.4. The Kier molecular flexibility index (Phi) is 13.4. The number of fused-ring (bicyclic) bond motifs is 6. The van der Waals surface area contributed by atoms with E-state index in [0.717, 1.165) is 30.5 Å². The van der Waals surface area contributed by atoms with E-state index in [1.165, 1.54) is 18.1 Å². The molecule has 2 saturated heterocycles. The van der Waals surface area contributed by atoms with Gasteiger partial charge in [0.15, 0.2) is 18.3 Å². The first-order chi connectivity index (χ1) is 25.2. The van der Waals surface area contributed by atoms with Gasteiger partial charge in [0.05, 0.1) is 31.7 Å². The number of H-pyrrole nitrogens is 1. The maximum atomic E-state index is 13.8. The Hall–Kier alpha value is -3.74. The Morgan fingerprint density at radius 3 is 2.57 bits per heavy atom. The average molecular weight is 739 g/mol. The molecule has 4 aliphatic heterocycles. The second-order valence-corrected chi connectivity index (χ2v) is 16.0. The van der Waals surface area contributed by atoms with Crippen LogP contribution in [0.3, 0.4) is 0 Å². The highest BCUT2D eigenvalue weighted by atomic mass is 16.6. The molecule has 1 aromatic heterocycles. The van der Waals surface area contributed by atoms with E-state index in [1.807, 2.05) is 32.1 Å². The molecule has 0 aromatic carbocycles. The summed E-state index contributed by atoms with van der Waals surface area (Å²) in [6, 6.07) is 3.36. The van der Waals surface area contributed by atoms with E-state index in [2.05, 4.69) is 31.8 Å². The van der Waals surface area contributed by atoms with Crippen molar-refractivity contribution in [2.75, 3.05) is 33.5 Å². The molecule has 0 radical (unpaired) electrons. The number of aliphatic hydroxyl groups is 1. The Labute approximate surface area is 313 Å². The molecule has 0 saturated carbocycles. The maximum absolute atomic E-state index is 13.8. The monoisotopic (exact) mass is 738 g/mol. The van der Waals surface area contributed by atoms with Gasteiger partial charge in [0.2, 0.25) is 5.90 Å². The van der Waals surface area contributed by atoms with E-state index >= 15 is 0 Å². The first-order valence-electron chi connectivity index (χ1n) is 19.0. The number of nitrogens with one attached hydrogen (secondary N) is 1. The number of allylic oxidation sites excluding steroid dienone is 2. The van der Waals surface area contributed by atoms with Gasteiger partial charge in [0.1, 0.15) is 23.8 Å². The van der Waals surface area contributed by atoms with Gasteiger partial charge < -0.3 is 38.5 Å². The molecule has 0 spiro atoms. The SMILES string of the molecule is COCCC/C(C)=C1\CO[C@@H](CC(C)C)\C1=C/[C@@H]1N=C2O[C@H]1COC(=O)[C@@H](CC(C)C)CC(=O)O[C@H]1[C@H](OC(=O)[C@]1(C)CO)/C(C)=C/Cc1ccc2[nH]1. The molecule has 0 aliphatic carbocycles. The zero-order valence-corrected chi connectivity index (χ0v) is 32.6. The number of aromatic nitrogens is 1. The summed E-state index contributed by atoms with van der Waals surface area (Å²) in [6.07, 6.45) is 4.56. The van der Waals surface area contributed by atoms with Gasteiger partial charge >= 0.3 is 17.9 Å². The number of esters is 3. The second kappa shape index (κ2) is 17.6. The van der Waals surface area contributed by atoms with Crippen LogP contribution in [0.1, 0.15) is 92.0 Å². The lowest BCUT2D eigenvalue weighted by Crippen LogP contribution is -2.43. The number of hydrogen-bond acceptors (Lipinski definition) is 11. The number of carbonyl (C=O) groups excluding carboxylic acids is 3. The van der Waals surface area contributed by atoms with Crippen LogP contribution in [-0.2, 0) is 49.2 Å². The number of hydrogen-bond donors (Lipinski definition) is 2. The van der Waals surface area contributed by atoms with Crippen LogP contribution >= 0.6 is 0 Å². The number of ether oxygens (including phenoxy) is 6. The Bertz CT molecular complexity index is 1620. The van der Waals surface area contributed by atoms with Crippen molar-refractivity contribution in [1.29, 1.82) is 0 Å². The van der Waals surface area contributed by atoms with Gasteiger partial charge in [-0.25, -0.2) is 4.99 Å². The van der Waals surface area contributed by atoms with Crippen LogP contribution in [0, 0.1) is 23.2 Å². The molecular formula is C41H58N2O10. The van der Waals surface area contributed by atoms with Gasteiger partial charge in [0.25, 0.3) is 0 Å². The fourth-order valence-electron chi connectivity index (χ4n) is 7.46. The number of aliphatic imine (C=N–C) groups is 1. The predicted molar refractivity (Wildman–Crippen MR) is 198 cm³/mol. The van der Waals surface area contributed by atoms with Crippen molar-refractivity contribution in [3.8, 4) is 0 Å². The van der Waals surface area contributed by atoms with Crippen LogP contribution in [0.15, 0.2) is 51.6 Å². The molecule has 1 aromatic rings. The van der Waals surface area contributed by atoms with Gasteiger partial charge in [-0.15, -0.1) is 0 Å². The van der Waals surface area contributed by atoms with E-state index in [-0.39, 0.29) is 25.0 Å². The molecule has 0 unspecified atom stereocenters. The summed E-state index contributed by atoms with van der Waals surface area (Å²) in [4.78, 5) is 48.7. The second-order valence-electron chi connectivity index (χ2n) is 16.0. The number of aliphatic hydroxyl groups excluding tert-OH is 1. The van der Waals surface area contributed by atoms with E-state index in [0.29, 0.717) is 49.1 Å². The first-order valence-corrected chi connectivity index (χ1v) is 19.0. The smallest absolute Gasteiger partial charge is 0.318 e. The number of nitrogens with zero attached hydrogens (tertiary/aromatic N) is 1. The number of aromatic amines is 1. The zero-order chi connectivity index (χ0) is 38.4. The van der Waals surface area contributed by atoms with E-state index < -0.39 is 60.2 Å². The van der Waals surface area contributed by atoms with Crippen molar-refractivity contribution in [1.82, 2.24) is 4.98 Å². The van der Waals surface area contributed by atoms with Crippen LogP contribution in [0.5, 0.6) is 0 Å². The molecule has 2 N–H and O–H groups in total. The summed E-state index contributed by atoms with van der Waals surface area (Å²) in [5.41, 5.74) is 4.26. The van der Waals surface area contributed by atoms with Gasteiger partial charge in [-0.1, -0.05) is 39.3 Å². The molecule has 4 aliphatic rings. The summed E-state index contributed by atoms with van der Waals surface area (Å²) in [5.74, 6) is -1.78. The minimum Gasteiger partial charge on any atom is -0.467 e. The Morgan fingerprint density at radius 1 is 1.11 bits per heavy atom. The third kappa shape index (κ3) is 9.50. The Balaban J connectivity index is 1.52. The summed E-state index contributed by atoms with van der Waals surface area (Å²) in [6.45, 7) is 14.3. The number of cyclic esters (lactones) is 1. The maximum Gasteiger partial charge on any atom is 0.318 e. The van der Waals surface area contributed by atoms with Crippen LogP contribution in [0.25, 0.3) is 0 Å². The predicted octanol–water partition coefficient (Wildman–Crippen LogP) is 5.58. The van der Waals surface area contributed by atoms with Crippen LogP contribution in [0.2, 0.25) is 0 Å². The molecule has 4 bridgehead atoms. The Morgan fingerprint density at radius 2 is 1.87 bits per heavy atom. The summed E-state index contributed by atoms with van der Waals surface area (Å²) >= 11 is 0. The van der Waals surface area contributed by atoms with Crippen molar-refractivity contribution < 1.29 is 47.9 Å². The third-order valence-corrected chi connectivity index (χ3v) is 10.6. The minimum atomic E-state index is -1.46. The molecule has 292 valence electrons. The van der Waals surface area contributed by atoms with Crippen molar-refractivity contribution in [3.63, 3.8) is 0 Å². The molecule has 7 atom stereocenters. The fourth-order valence-corrected chi connectivity index (χ4v) is 7.46.